The van der Waals surface area contributed by atoms with Crippen LogP contribution in [0.2, 0.25) is 0 Å². The van der Waals surface area contributed by atoms with Crippen LogP contribution in [0.5, 0.6) is 5.75 Å². The number of amides is 1. The van der Waals surface area contributed by atoms with E-state index in [4.69, 9.17) is 4.74 Å². The molecular weight excluding hydrogens is 378 g/mol. The Bertz CT molecular complexity index is 708. The van der Waals surface area contributed by atoms with Crippen molar-refractivity contribution in [3.8, 4) is 5.75 Å². The summed E-state index contributed by atoms with van der Waals surface area (Å²) in [7, 11) is 0. The van der Waals surface area contributed by atoms with Gasteiger partial charge in [-0.3, -0.25) is 4.79 Å². The molecule has 0 saturated heterocycles. The zero-order valence-electron chi connectivity index (χ0n) is 15.2. The molecule has 0 aliphatic heterocycles. The lowest BCUT2D eigenvalue weighted by Crippen LogP contribution is -2.14. The molecule has 1 amide bonds. The van der Waals surface area contributed by atoms with Gasteiger partial charge in [0.2, 0.25) is 0 Å². The first-order valence-corrected chi connectivity index (χ1v) is 9.61. The molecule has 2 rings (SSSR count). The molecule has 25 heavy (non-hydrogen) atoms. The van der Waals surface area contributed by atoms with Crippen molar-refractivity contribution in [2.75, 3.05) is 11.9 Å². The highest BCUT2D eigenvalue weighted by Crippen LogP contribution is 2.25. The first-order valence-electron chi connectivity index (χ1n) is 8.81. The Morgan fingerprint density at radius 1 is 1.04 bits per heavy atom. The van der Waals surface area contributed by atoms with E-state index in [1.165, 1.54) is 12.8 Å². The van der Waals surface area contributed by atoms with Crippen LogP contribution in [0.3, 0.4) is 0 Å². The first kappa shape index (κ1) is 19.5. The number of carbonyl (C=O) groups is 1. The van der Waals surface area contributed by atoms with Gasteiger partial charge < -0.3 is 10.1 Å². The van der Waals surface area contributed by atoms with Crippen LogP contribution < -0.4 is 10.1 Å². The van der Waals surface area contributed by atoms with E-state index in [0.717, 1.165) is 34.1 Å². The van der Waals surface area contributed by atoms with E-state index >= 15 is 0 Å². The van der Waals surface area contributed by atoms with Crippen molar-refractivity contribution in [1.82, 2.24) is 0 Å². The monoisotopic (exact) mass is 403 g/mol. The second-order valence-electron chi connectivity index (χ2n) is 6.38. The van der Waals surface area contributed by atoms with E-state index in [9.17, 15) is 4.79 Å². The predicted molar refractivity (Wildman–Crippen MR) is 108 cm³/mol. The molecule has 0 radical (unpaired) electrons. The van der Waals surface area contributed by atoms with Crippen molar-refractivity contribution in [2.24, 2.45) is 0 Å². The molecule has 0 bridgehead atoms. The molecule has 0 aliphatic rings. The molecule has 134 valence electrons. The third kappa shape index (κ3) is 6.20. The van der Waals surface area contributed by atoms with Crippen molar-refractivity contribution < 1.29 is 9.53 Å². The van der Waals surface area contributed by atoms with Crippen molar-refractivity contribution in [2.45, 2.75) is 46.5 Å². The lowest BCUT2D eigenvalue weighted by Gasteiger charge is -2.13. The van der Waals surface area contributed by atoms with Gasteiger partial charge in [0.15, 0.2) is 0 Å². The van der Waals surface area contributed by atoms with E-state index < -0.39 is 0 Å². The van der Waals surface area contributed by atoms with E-state index in [2.05, 4.69) is 34.2 Å². The summed E-state index contributed by atoms with van der Waals surface area (Å²) in [5.74, 6) is 0.469. The number of carbonyl (C=O) groups excluding carboxylic acids is 1. The highest BCUT2D eigenvalue weighted by molar-refractivity contribution is 9.10. The average Bonchev–Trinajstić information content (AvgIpc) is 2.54. The van der Waals surface area contributed by atoms with Crippen LogP contribution in [0.25, 0.3) is 0 Å². The second kappa shape index (κ2) is 9.62. The van der Waals surface area contributed by atoms with E-state index in [1.807, 2.05) is 38.1 Å². The summed E-state index contributed by atoms with van der Waals surface area (Å²) in [4.78, 5) is 12.7. The summed E-state index contributed by atoms with van der Waals surface area (Å²) in [6.45, 7) is 6.86. The normalized spacial score (nSPS) is 10.6. The quantitative estimate of drug-likeness (QED) is 0.526. The molecule has 0 fully saturated rings. The largest absolute Gasteiger partial charge is 0.493 e. The van der Waals surface area contributed by atoms with Gasteiger partial charge in [-0.15, -0.1) is 0 Å². The fourth-order valence-corrected chi connectivity index (χ4v) is 3.12. The molecular formula is C21H26BrNO2. The molecule has 2 aromatic rings. The Morgan fingerprint density at radius 2 is 1.76 bits per heavy atom. The number of unbranched alkanes of at least 4 members (excludes halogenated alkanes) is 3. The second-order valence-corrected chi connectivity index (χ2v) is 7.30. The number of benzene rings is 2. The number of aryl methyl sites for hydroxylation is 2. The number of hydrogen-bond acceptors (Lipinski definition) is 2. The molecule has 0 saturated carbocycles. The van der Waals surface area contributed by atoms with E-state index in [0.29, 0.717) is 17.9 Å². The molecule has 0 aliphatic carbocycles. The van der Waals surface area contributed by atoms with Gasteiger partial charge in [0.05, 0.1) is 12.2 Å². The number of anilines is 1. The Hall–Kier alpha value is -1.81. The minimum absolute atomic E-state index is 0.158. The van der Waals surface area contributed by atoms with Gasteiger partial charge >= 0.3 is 0 Å². The summed E-state index contributed by atoms with van der Waals surface area (Å²) in [6, 6.07) is 11.6. The minimum atomic E-state index is -0.158. The summed E-state index contributed by atoms with van der Waals surface area (Å²) >= 11 is 3.44. The fourth-order valence-electron chi connectivity index (χ4n) is 2.76. The van der Waals surface area contributed by atoms with Crippen LogP contribution in [-0.4, -0.2) is 12.5 Å². The smallest absolute Gasteiger partial charge is 0.259 e. The van der Waals surface area contributed by atoms with Gasteiger partial charge in [0.25, 0.3) is 5.91 Å². The highest BCUT2D eigenvalue weighted by atomic mass is 79.9. The number of ether oxygens (including phenoxy) is 1. The maximum Gasteiger partial charge on any atom is 0.259 e. The van der Waals surface area contributed by atoms with Crippen molar-refractivity contribution >= 4 is 27.5 Å². The Labute approximate surface area is 158 Å². The molecule has 2 aromatic carbocycles. The van der Waals surface area contributed by atoms with Crippen molar-refractivity contribution in [3.63, 3.8) is 0 Å². The lowest BCUT2D eigenvalue weighted by atomic mass is 10.1. The fraction of sp³-hybridized carbons (Fsp3) is 0.381. The van der Waals surface area contributed by atoms with Gasteiger partial charge in [-0.25, -0.2) is 0 Å². The van der Waals surface area contributed by atoms with Gasteiger partial charge in [-0.05, 0) is 61.7 Å². The molecule has 0 heterocycles. The average molecular weight is 404 g/mol. The van der Waals surface area contributed by atoms with Crippen LogP contribution in [0.1, 0.15) is 54.1 Å². The van der Waals surface area contributed by atoms with Crippen molar-refractivity contribution in [3.05, 3.63) is 57.6 Å². The number of hydrogen-bond donors (Lipinski definition) is 1. The van der Waals surface area contributed by atoms with Gasteiger partial charge in [0, 0.05) is 10.2 Å². The van der Waals surface area contributed by atoms with E-state index in [1.54, 1.807) is 6.07 Å². The minimum Gasteiger partial charge on any atom is -0.493 e. The molecule has 0 spiro atoms. The maximum atomic E-state index is 12.7. The number of rotatable bonds is 8. The number of nitrogens with one attached hydrogen (secondary N) is 1. The Balaban J connectivity index is 2.10. The standard InChI is InChI=1S/C21H26BrNO2/c1-4-5-6-7-10-25-20-9-8-17(22)14-19(20)21(24)23-18-12-15(2)11-16(3)13-18/h8-9,11-14H,4-7,10H2,1-3H3,(H,23,24). The predicted octanol–water partition coefficient (Wildman–Crippen LogP) is 6.28. The summed E-state index contributed by atoms with van der Waals surface area (Å²) in [5.41, 5.74) is 3.59. The summed E-state index contributed by atoms with van der Waals surface area (Å²) < 4.78 is 6.72. The maximum absolute atomic E-state index is 12.7. The van der Waals surface area contributed by atoms with Crippen LogP contribution in [-0.2, 0) is 0 Å². The SMILES string of the molecule is CCCCCCOc1ccc(Br)cc1C(=O)Nc1cc(C)cc(C)c1. The zero-order valence-corrected chi connectivity index (χ0v) is 16.8. The van der Waals surface area contributed by atoms with Gasteiger partial charge in [0.1, 0.15) is 5.75 Å². The number of halogens is 1. The first-order chi connectivity index (χ1) is 12.0. The third-order valence-electron chi connectivity index (χ3n) is 3.92. The summed E-state index contributed by atoms with van der Waals surface area (Å²) in [6.07, 6.45) is 4.56. The molecule has 0 aromatic heterocycles. The molecule has 4 heteroatoms. The van der Waals surface area contributed by atoms with Gasteiger partial charge in [-0.1, -0.05) is 48.2 Å². The van der Waals surface area contributed by atoms with Crippen LogP contribution in [0, 0.1) is 13.8 Å². The Kier molecular flexibility index (Phi) is 7.51. The van der Waals surface area contributed by atoms with Crippen LogP contribution in [0.4, 0.5) is 5.69 Å². The van der Waals surface area contributed by atoms with Crippen molar-refractivity contribution in [1.29, 1.82) is 0 Å². The summed E-state index contributed by atoms with van der Waals surface area (Å²) in [5, 5.41) is 2.98. The molecule has 1 N–H and O–H groups in total. The van der Waals surface area contributed by atoms with Crippen LogP contribution in [0.15, 0.2) is 40.9 Å². The lowest BCUT2D eigenvalue weighted by molar-refractivity contribution is 0.102. The molecule has 0 unspecified atom stereocenters. The zero-order chi connectivity index (χ0) is 18.2. The van der Waals surface area contributed by atoms with E-state index in [-0.39, 0.29) is 5.91 Å². The van der Waals surface area contributed by atoms with Crippen LogP contribution >= 0.6 is 15.9 Å². The Morgan fingerprint density at radius 3 is 2.44 bits per heavy atom. The topological polar surface area (TPSA) is 38.3 Å². The van der Waals surface area contributed by atoms with Gasteiger partial charge in [-0.2, -0.15) is 0 Å². The third-order valence-corrected chi connectivity index (χ3v) is 4.41. The highest BCUT2D eigenvalue weighted by Gasteiger charge is 2.14. The molecule has 3 nitrogen and oxygen atoms in total. The molecule has 0 atom stereocenters.